The minimum atomic E-state index is -1.11. The third-order valence-electron chi connectivity index (χ3n) is 8.52. The molecule has 5 atom stereocenters. The van der Waals surface area contributed by atoms with Crippen LogP contribution < -0.4 is 9.47 Å². The number of hydrogen-bond acceptors (Lipinski definition) is 8. The van der Waals surface area contributed by atoms with Gasteiger partial charge in [-0.2, -0.15) is 0 Å². The lowest BCUT2D eigenvalue weighted by atomic mass is 9.89. The molecule has 282 valence electrons. The molecule has 50 heavy (non-hydrogen) atoms. The van der Waals surface area contributed by atoms with Crippen molar-refractivity contribution in [1.29, 1.82) is 0 Å². The van der Waals surface area contributed by atoms with Gasteiger partial charge in [-0.1, -0.05) is 77.1 Å². The summed E-state index contributed by atoms with van der Waals surface area (Å²) in [4.78, 5) is 11.7. The van der Waals surface area contributed by atoms with E-state index >= 15 is 0 Å². The number of carbonyl (C=O) groups is 1. The molecule has 1 fully saturated rings. The lowest BCUT2D eigenvalue weighted by molar-refractivity contribution is -0.268. The van der Waals surface area contributed by atoms with Gasteiger partial charge < -0.3 is 38.3 Å². The third kappa shape index (κ3) is 12.9. The van der Waals surface area contributed by atoms with Gasteiger partial charge in [-0.25, -0.2) is 4.79 Å². The summed E-state index contributed by atoms with van der Waals surface area (Å²) in [6.07, 6.45) is 5.56. The van der Waals surface area contributed by atoms with Gasteiger partial charge in [0, 0.05) is 32.0 Å². The van der Waals surface area contributed by atoms with Crippen molar-refractivity contribution in [2.24, 2.45) is 0 Å². The van der Waals surface area contributed by atoms with Gasteiger partial charge in [0.2, 0.25) is 0 Å². The van der Waals surface area contributed by atoms with E-state index in [9.17, 15) is 9.90 Å². The summed E-state index contributed by atoms with van der Waals surface area (Å²) in [5.41, 5.74) is 2.48. The largest absolute Gasteiger partial charge is 0.494 e. The zero-order chi connectivity index (χ0) is 36.3. The second-order valence-electron chi connectivity index (χ2n) is 12.6. The minimum absolute atomic E-state index is 0.240. The van der Waals surface area contributed by atoms with Crippen LogP contribution in [-0.2, 0) is 34.9 Å². The Labute approximate surface area is 312 Å². The van der Waals surface area contributed by atoms with Crippen molar-refractivity contribution in [3.8, 4) is 11.5 Å². The van der Waals surface area contributed by atoms with Crippen LogP contribution in [0.25, 0.3) is 0 Å². The monoisotopic (exact) mass is 784 g/mol. The van der Waals surface area contributed by atoms with Gasteiger partial charge >= 0.3 is 5.97 Å². The molecule has 1 saturated heterocycles. The number of carboxylic acids is 1. The highest BCUT2D eigenvalue weighted by Crippen LogP contribution is 2.47. The highest BCUT2D eigenvalue weighted by Gasteiger charge is 2.49. The number of unbranched alkanes of at least 4 members (excludes halogenated alkanes) is 4. The molecule has 3 rings (SSSR count). The Morgan fingerprint density at radius 3 is 1.98 bits per heavy atom. The first-order valence-electron chi connectivity index (χ1n) is 18.4. The fraction of sp³-hybridized carbons (Fsp3) is 0.667. The average Bonchev–Trinajstić information content (AvgIpc) is 3.10. The quantitative estimate of drug-likeness (QED) is 0.0987. The maximum absolute atomic E-state index is 11.7. The van der Waals surface area contributed by atoms with Crippen molar-refractivity contribution in [1.82, 2.24) is 0 Å². The van der Waals surface area contributed by atoms with Crippen molar-refractivity contribution in [2.75, 3.05) is 46.2 Å². The highest BCUT2D eigenvalue weighted by atomic mass is 79.9. The highest BCUT2D eigenvalue weighted by molar-refractivity contribution is 9.10. The Bertz CT molecular complexity index is 1260. The summed E-state index contributed by atoms with van der Waals surface area (Å²) < 4.78 is 45.2. The molecule has 0 radical (unpaired) electrons. The molecule has 0 saturated carbocycles. The summed E-state index contributed by atoms with van der Waals surface area (Å²) in [7, 11) is 0. The Balaban J connectivity index is 2.17. The van der Waals surface area contributed by atoms with Crippen molar-refractivity contribution in [2.45, 2.75) is 123 Å². The molecule has 0 spiro atoms. The van der Waals surface area contributed by atoms with E-state index in [0.29, 0.717) is 55.6 Å². The summed E-state index contributed by atoms with van der Waals surface area (Å²) in [6, 6.07) is 9.85. The molecular weight excluding hydrogens is 728 g/mol. The normalized spacial score (nSPS) is 20.6. The number of benzene rings is 2. The maximum Gasteiger partial charge on any atom is 0.341 e. The number of hydrogen-bond donors (Lipinski definition) is 1. The maximum atomic E-state index is 11.7. The van der Waals surface area contributed by atoms with E-state index in [4.69, 9.17) is 44.8 Å². The van der Waals surface area contributed by atoms with Crippen LogP contribution >= 0.6 is 27.5 Å². The van der Waals surface area contributed by atoms with Crippen LogP contribution in [0.5, 0.6) is 11.5 Å². The van der Waals surface area contributed by atoms with Gasteiger partial charge in [-0.05, 0) is 84.3 Å². The number of ether oxygens (including phenoxy) is 7. The van der Waals surface area contributed by atoms with Gasteiger partial charge in [0.05, 0.1) is 22.7 Å². The first-order valence-corrected chi connectivity index (χ1v) is 19.6. The molecule has 0 bridgehead atoms. The van der Waals surface area contributed by atoms with Crippen LogP contribution in [0.4, 0.5) is 0 Å². The zero-order valence-corrected chi connectivity index (χ0v) is 32.9. The smallest absolute Gasteiger partial charge is 0.341 e. The fourth-order valence-corrected chi connectivity index (χ4v) is 6.82. The molecule has 11 heteroatoms. The summed E-state index contributed by atoms with van der Waals surface area (Å²) in [5.74, 6) is -0.0881. The van der Waals surface area contributed by atoms with Crippen molar-refractivity contribution < 1.29 is 43.1 Å². The number of carboxylic acid groups (broad SMARTS) is 1. The summed E-state index contributed by atoms with van der Waals surface area (Å²) in [6.45, 7) is 13.1. The number of rotatable bonds is 25. The van der Waals surface area contributed by atoms with Gasteiger partial charge in [-0.3, -0.25) is 0 Å². The van der Waals surface area contributed by atoms with E-state index in [1.165, 1.54) is 0 Å². The molecule has 0 aromatic heterocycles. The summed E-state index contributed by atoms with van der Waals surface area (Å²) in [5, 5.41) is 9.86. The molecule has 1 heterocycles. The predicted octanol–water partition coefficient (Wildman–Crippen LogP) is 9.37. The van der Waals surface area contributed by atoms with E-state index in [1.807, 2.05) is 37.3 Å². The van der Waals surface area contributed by atoms with Crippen molar-refractivity contribution >= 4 is 33.5 Å². The third-order valence-corrected chi connectivity index (χ3v) is 9.75. The standard InChI is InChI=1S/C39H58BrClO9/c1-6-11-19-44-25-31-36(46-20-12-7-2)39(48-22-14-9-4)38(47-21-13-8-3)35(50-31)30-24-28(23-27-15-17-29(18-16-27)45-10-5)34(41)37(33(30)40)49-26-32(42)43/h15-18,24,31,35-36,38-39H,6-14,19-23,25-26H2,1-5H3,(H,42,43)/t31-,35?,36-,38+,39+/m1/s1. The molecule has 1 N–H and O–H groups in total. The molecule has 0 aliphatic carbocycles. The molecular formula is C39H58BrClO9. The number of aliphatic carboxylic acids is 1. The topological polar surface area (TPSA) is 102 Å². The Morgan fingerprint density at radius 1 is 0.820 bits per heavy atom. The van der Waals surface area contributed by atoms with Crippen LogP contribution in [-0.4, -0.2) is 81.7 Å². The molecule has 1 aliphatic rings. The van der Waals surface area contributed by atoms with E-state index < -0.39 is 43.1 Å². The first kappa shape index (κ1) is 42.5. The Hall–Kier alpha value is -1.92. The Kier molecular flexibility index (Phi) is 20.1. The lowest BCUT2D eigenvalue weighted by Gasteiger charge is -2.47. The molecule has 1 unspecified atom stereocenters. The number of halogens is 2. The van der Waals surface area contributed by atoms with Crippen molar-refractivity contribution in [3.63, 3.8) is 0 Å². The summed E-state index contributed by atoms with van der Waals surface area (Å²) >= 11 is 10.8. The van der Waals surface area contributed by atoms with Crippen LogP contribution in [0.3, 0.4) is 0 Å². The lowest BCUT2D eigenvalue weighted by Crippen LogP contribution is -2.58. The zero-order valence-electron chi connectivity index (χ0n) is 30.6. The molecule has 2 aromatic carbocycles. The van der Waals surface area contributed by atoms with Gasteiger partial charge in [0.25, 0.3) is 0 Å². The van der Waals surface area contributed by atoms with E-state index in [2.05, 4.69) is 43.6 Å². The fourth-order valence-electron chi connectivity index (χ4n) is 5.78. The Morgan fingerprint density at radius 2 is 1.40 bits per heavy atom. The molecule has 1 aliphatic heterocycles. The van der Waals surface area contributed by atoms with E-state index in [1.54, 1.807) is 0 Å². The predicted molar refractivity (Wildman–Crippen MR) is 200 cm³/mol. The van der Waals surface area contributed by atoms with E-state index in [-0.39, 0.29) is 5.75 Å². The molecule has 9 nitrogen and oxygen atoms in total. The van der Waals surface area contributed by atoms with E-state index in [0.717, 1.165) is 73.8 Å². The second-order valence-corrected chi connectivity index (χ2v) is 13.8. The molecule has 0 amide bonds. The first-order chi connectivity index (χ1) is 24.3. The van der Waals surface area contributed by atoms with Crippen molar-refractivity contribution in [3.05, 3.63) is 56.5 Å². The van der Waals surface area contributed by atoms with Crippen LogP contribution in [0.2, 0.25) is 5.02 Å². The van der Waals surface area contributed by atoms with Gasteiger partial charge in [0.15, 0.2) is 12.4 Å². The average molecular weight is 786 g/mol. The second kappa shape index (κ2) is 23.6. The molecule has 2 aromatic rings. The van der Waals surface area contributed by atoms with Gasteiger partial charge in [0.1, 0.15) is 36.3 Å². The van der Waals surface area contributed by atoms with Crippen LogP contribution in [0, 0.1) is 0 Å². The van der Waals surface area contributed by atoms with Crippen LogP contribution in [0.1, 0.15) is 109 Å². The SMILES string of the molecule is CCCCOC[C@H]1OC(c2cc(Cc3ccc(OCC)cc3)c(Cl)c(OCC(=O)O)c2Br)[C@H](OCCCC)[C@@H](OCCCC)[C@@H]1OCCCC. The van der Waals surface area contributed by atoms with Gasteiger partial charge in [-0.15, -0.1) is 0 Å². The minimum Gasteiger partial charge on any atom is -0.494 e. The van der Waals surface area contributed by atoms with Crippen LogP contribution in [0.15, 0.2) is 34.8 Å².